The molecule has 2 heterocycles. The maximum absolute atomic E-state index is 12.5. The quantitative estimate of drug-likeness (QED) is 0.808. The number of carbonyl (C=O) groups is 1. The minimum absolute atomic E-state index is 0.344. The first kappa shape index (κ1) is 20.5. The molecule has 0 saturated carbocycles. The van der Waals surface area contributed by atoms with E-state index in [0.717, 1.165) is 5.56 Å². The SMILES string of the molecule is CC(C)(C)OC(=O)N1CC[C@]2(C[C@H](O)c3c(OCc4ccccc4)cccc3O2)C1. The van der Waals surface area contributed by atoms with Crippen molar-refractivity contribution < 1.29 is 24.1 Å². The van der Waals surface area contributed by atoms with Crippen molar-refractivity contribution in [3.63, 3.8) is 0 Å². The Bertz CT molecular complexity index is 908. The third-order valence-electron chi connectivity index (χ3n) is 5.46. The Morgan fingerprint density at radius 1 is 1.20 bits per heavy atom. The molecule has 0 aromatic heterocycles. The molecule has 1 N–H and O–H groups in total. The number of likely N-dealkylation sites (tertiary alicyclic amines) is 1. The van der Waals surface area contributed by atoms with Gasteiger partial charge in [-0.05, 0) is 38.5 Å². The van der Waals surface area contributed by atoms with Gasteiger partial charge in [0.1, 0.15) is 29.3 Å². The number of ether oxygens (including phenoxy) is 3. The van der Waals surface area contributed by atoms with Gasteiger partial charge in [-0.3, -0.25) is 0 Å². The number of fused-ring (bicyclic) bond motifs is 1. The van der Waals surface area contributed by atoms with Crippen LogP contribution >= 0.6 is 0 Å². The molecule has 2 aromatic carbocycles. The number of nitrogens with zero attached hydrogens (tertiary/aromatic N) is 1. The first-order chi connectivity index (χ1) is 14.2. The number of hydrogen-bond acceptors (Lipinski definition) is 5. The summed E-state index contributed by atoms with van der Waals surface area (Å²) in [5.41, 5.74) is 0.579. The Morgan fingerprint density at radius 3 is 2.70 bits per heavy atom. The van der Waals surface area contributed by atoms with Crippen LogP contribution in [0.4, 0.5) is 4.79 Å². The third kappa shape index (κ3) is 4.38. The number of aliphatic hydroxyl groups is 1. The van der Waals surface area contributed by atoms with Gasteiger partial charge in [-0.2, -0.15) is 0 Å². The Labute approximate surface area is 177 Å². The lowest BCUT2D eigenvalue weighted by atomic mass is 9.87. The van der Waals surface area contributed by atoms with E-state index in [0.29, 0.717) is 49.6 Å². The molecule has 1 spiro atoms. The maximum atomic E-state index is 12.5. The highest BCUT2D eigenvalue weighted by Gasteiger charge is 2.48. The number of rotatable bonds is 3. The van der Waals surface area contributed by atoms with E-state index in [1.54, 1.807) is 4.90 Å². The van der Waals surface area contributed by atoms with Crippen LogP contribution in [0.3, 0.4) is 0 Å². The van der Waals surface area contributed by atoms with Gasteiger partial charge in [0.2, 0.25) is 0 Å². The average Bonchev–Trinajstić information content (AvgIpc) is 3.08. The van der Waals surface area contributed by atoms with Crippen molar-refractivity contribution >= 4 is 6.09 Å². The van der Waals surface area contributed by atoms with Crippen LogP contribution in [0.2, 0.25) is 0 Å². The zero-order valence-corrected chi connectivity index (χ0v) is 17.8. The van der Waals surface area contributed by atoms with Gasteiger partial charge in [-0.1, -0.05) is 36.4 Å². The van der Waals surface area contributed by atoms with Crippen LogP contribution in [0.25, 0.3) is 0 Å². The van der Waals surface area contributed by atoms with Crippen molar-refractivity contribution in [2.24, 2.45) is 0 Å². The van der Waals surface area contributed by atoms with Gasteiger partial charge in [0.25, 0.3) is 0 Å². The van der Waals surface area contributed by atoms with Crippen molar-refractivity contribution in [2.45, 2.75) is 57.5 Å². The molecule has 2 aliphatic heterocycles. The van der Waals surface area contributed by atoms with Crippen molar-refractivity contribution in [1.29, 1.82) is 0 Å². The second-order valence-electron chi connectivity index (χ2n) is 9.10. The average molecular weight is 411 g/mol. The summed E-state index contributed by atoms with van der Waals surface area (Å²) >= 11 is 0. The van der Waals surface area contributed by atoms with Crippen LogP contribution in [0.5, 0.6) is 11.5 Å². The summed E-state index contributed by atoms with van der Waals surface area (Å²) < 4.78 is 17.9. The van der Waals surface area contributed by atoms with E-state index < -0.39 is 17.3 Å². The fraction of sp³-hybridized carbons (Fsp3) is 0.458. The normalized spacial score (nSPS) is 23.1. The molecule has 1 amide bonds. The van der Waals surface area contributed by atoms with Crippen molar-refractivity contribution in [2.75, 3.05) is 13.1 Å². The van der Waals surface area contributed by atoms with Crippen molar-refractivity contribution in [3.8, 4) is 11.5 Å². The van der Waals surface area contributed by atoms with E-state index in [-0.39, 0.29) is 6.09 Å². The molecule has 0 radical (unpaired) electrons. The zero-order chi connectivity index (χ0) is 21.4. The van der Waals surface area contributed by atoms with E-state index in [1.807, 2.05) is 69.3 Å². The van der Waals surface area contributed by atoms with Crippen LogP contribution in [-0.4, -0.2) is 40.4 Å². The molecule has 2 aliphatic rings. The lowest BCUT2D eigenvalue weighted by Crippen LogP contribution is -2.45. The molecular formula is C24H29NO5. The van der Waals surface area contributed by atoms with Gasteiger partial charge >= 0.3 is 6.09 Å². The Balaban J connectivity index is 1.49. The first-order valence-electron chi connectivity index (χ1n) is 10.4. The van der Waals surface area contributed by atoms with Crippen LogP contribution in [0, 0.1) is 0 Å². The minimum Gasteiger partial charge on any atom is -0.488 e. The molecular weight excluding hydrogens is 382 g/mol. The van der Waals surface area contributed by atoms with Crippen LogP contribution in [0.15, 0.2) is 48.5 Å². The molecule has 30 heavy (non-hydrogen) atoms. The summed E-state index contributed by atoms with van der Waals surface area (Å²) in [6, 6.07) is 15.5. The molecule has 2 aromatic rings. The molecule has 1 fully saturated rings. The first-order valence-corrected chi connectivity index (χ1v) is 10.4. The fourth-order valence-corrected chi connectivity index (χ4v) is 4.11. The maximum Gasteiger partial charge on any atom is 0.410 e. The standard InChI is InChI=1S/C24H29NO5/c1-23(2,3)30-22(27)25-13-12-24(16-25)14-18(26)21-19(10-7-11-20(21)29-24)28-15-17-8-5-4-6-9-17/h4-11,18,26H,12-16H2,1-3H3/t18-,24-/m0/s1. The molecule has 0 aliphatic carbocycles. The van der Waals surface area contributed by atoms with E-state index >= 15 is 0 Å². The van der Waals surface area contributed by atoms with E-state index in [9.17, 15) is 9.90 Å². The lowest BCUT2D eigenvalue weighted by Gasteiger charge is -2.38. The third-order valence-corrected chi connectivity index (χ3v) is 5.46. The zero-order valence-electron chi connectivity index (χ0n) is 17.8. The summed E-state index contributed by atoms with van der Waals surface area (Å²) in [5, 5.41) is 11.0. The van der Waals surface area contributed by atoms with Gasteiger partial charge in [0.15, 0.2) is 0 Å². The summed E-state index contributed by atoms with van der Waals surface area (Å²) in [6.07, 6.45) is -0.00873. The summed E-state index contributed by atoms with van der Waals surface area (Å²) in [6.45, 7) is 6.91. The van der Waals surface area contributed by atoms with Crippen molar-refractivity contribution in [1.82, 2.24) is 4.90 Å². The van der Waals surface area contributed by atoms with Gasteiger partial charge in [0.05, 0.1) is 18.2 Å². The lowest BCUT2D eigenvalue weighted by molar-refractivity contribution is -0.0144. The predicted molar refractivity (Wildman–Crippen MR) is 113 cm³/mol. The molecule has 4 rings (SSSR count). The molecule has 6 nitrogen and oxygen atoms in total. The number of aliphatic hydroxyl groups excluding tert-OH is 1. The van der Waals surface area contributed by atoms with Gasteiger partial charge in [-0.25, -0.2) is 4.79 Å². The Hall–Kier alpha value is -2.73. The second kappa shape index (κ2) is 7.84. The van der Waals surface area contributed by atoms with Crippen LogP contribution in [-0.2, 0) is 11.3 Å². The molecule has 6 heteroatoms. The fourth-order valence-electron chi connectivity index (χ4n) is 4.11. The van der Waals surface area contributed by atoms with Crippen molar-refractivity contribution in [3.05, 3.63) is 59.7 Å². The predicted octanol–water partition coefficient (Wildman–Crippen LogP) is 4.46. The second-order valence-corrected chi connectivity index (χ2v) is 9.10. The summed E-state index contributed by atoms with van der Waals surface area (Å²) in [4.78, 5) is 14.1. The summed E-state index contributed by atoms with van der Waals surface area (Å²) in [5.74, 6) is 1.24. The van der Waals surface area contributed by atoms with Gasteiger partial charge in [0, 0.05) is 19.4 Å². The smallest absolute Gasteiger partial charge is 0.410 e. The molecule has 2 atom stereocenters. The van der Waals surface area contributed by atoms with Crippen LogP contribution < -0.4 is 9.47 Å². The molecule has 0 bridgehead atoms. The molecule has 1 saturated heterocycles. The Morgan fingerprint density at radius 2 is 1.97 bits per heavy atom. The monoisotopic (exact) mass is 411 g/mol. The highest BCUT2D eigenvalue weighted by molar-refractivity contribution is 5.68. The van der Waals surface area contributed by atoms with Gasteiger partial charge < -0.3 is 24.2 Å². The highest BCUT2D eigenvalue weighted by Crippen LogP contribution is 2.47. The van der Waals surface area contributed by atoms with E-state index in [2.05, 4.69) is 0 Å². The van der Waals surface area contributed by atoms with Gasteiger partial charge in [-0.15, -0.1) is 0 Å². The number of hydrogen-bond donors (Lipinski definition) is 1. The summed E-state index contributed by atoms with van der Waals surface area (Å²) in [7, 11) is 0. The molecule has 160 valence electrons. The highest BCUT2D eigenvalue weighted by atomic mass is 16.6. The Kier molecular flexibility index (Phi) is 5.36. The number of benzene rings is 2. The van der Waals surface area contributed by atoms with Crippen LogP contribution in [0.1, 0.15) is 50.8 Å². The number of amides is 1. The largest absolute Gasteiger partial charge is 0.488 e. The number of carbonyl (C=O) groups excluding carboxylic acids is 1. The van der Waals surface area contributed by atoms with E-state index in [4.69, 9.17) is 14.2 Å². The van der Waals surface area contributed by atoms with E-state index in [1.165, 1.54) is 0 Å². The molecule has 0 unspecified atom stereocenters. The minimum atomic E-state index is -0.723. The topological polar surface area (TPSA) is 68.2 Å².